The lowest BCUT2D eigenvalue weighted by Crippen LogP contribution is -2.32. The molecule has 6 heteroatoms. The van der Waals surface area contributed by atoms with E-state index >= 15 is 0 Å². The minimum Gasteiger partial charge on any atom is -0.349 e. The molecule has 0 aliphatic carbocycles. The lowest BCUT2D eigenvalue weighted by atomic mass is 10.0. The van der Waals surface area contributed by atoms with Gasteiger partial charge in [-0.15, -0.1) is 0 Å². The fraction of sp³-hybridized carbons (Fsp3) is 0.222. The second-order valence-corrected chi connectivity index (χ2v) is 5.74. The van der Waals surface area contributed by atoms with Crippen molar-refractivity contribution in [3.8, 4) is 0 Å². The molecule has 0 aliphatic rings. The molecule has 0 aliphatic heterocycles. The molecule has 126 valence electrons. The SMILES string of the molecule is CC(=O)NC(CC(=O)NOCc1ccccc1)c1ccc(Cl)cc1. The minimum atomic E-state index is -0.444. The fourth-order valence-electron chi connectivity index (χ4n) is 2.19. The highest BCUT2D eigenvalue weighted by atomic mass is 35.5. The molecule has 1 unspecified atom stereocenters. The second-order valence-electron chi connectivity index (χ2n) is 5.31. The van der Waals surface area contributed by atoms with Gasteiger partial charge in [0.2, 0.25) is 11.8 Å². The third kappa shape index (κ3) is 6.02. The van der Waals surface area contributed by atoms with Crippen LogP contribution in [0.4, 0.5) is 0 Å². The van der Waals surface area contributed by atoms with Crippen LogP contribution in [0.2, 0.25) is 5.02 Å². The van der Waals surface area contributed by atoms with Crippen LogP contribution in [0.25, 0.3) is 0 Å². The van der Waals surface area contributed by atoms with Gasteiger partial charge in [0.1, 0.15) is 0 Å². The number of halogens is 1. The van der Waals surface area contributed by atoms with Crippen LogP contribution in [0.5, 0.6) is 0 Å². The molecule has 0 radical (unpaired) electrons. The molecule has 0 spiro atoms. The van der Waals surface area contributed by atoms with Crippen molar-refractivity contribution in [2.45, 2.75) is 26.0 Å². The van der Waals surface area contributed by atoms with Gasteiger partial charge in [0, 0.05) is 11.9 Å². The highest BCUT2D eigenvalue weighted by Crippen LogP contribution is 2.19. The number of nitrogens with one attached hydrogen (secondary N) is 2. The molecule has 1 atom stereocenters. The monoisotopic (exact) mass is 346 g/mol. The van der Waals surface area contributed by atoms with E-state index in [0.717, 1.165) is 11.1 Å². The number of hydrogen-bond acceptors (Lipinski definition) is 3. The molecule has 2 amide bonds. The smallest absolute Gasteiger partial charge is 0.245 e. The van der Waals surface area contributed by atoms with Crippen molar-refractivity contribution in [1.29, 1.82) is 0 Å². The first-order valence-corrected chi connectivity index (χ1v) is 7.89. The molecule has 2 aromatic carbocycles. The summed E-state index contributed by atoms with van der Waals surface area (Å²) in [6.07, 6.45) is 0.0655. The van der Waals surface area contributed by atoms with E-state index in [-0.39, 0.29) is 24.8 Å². The molecule has 0 saturated heterocycles. The molecule has 2 rings (SSSR count). The number of hydrogen-bond donors (Lipinski definition) is 2. The molecular weight excluding hydrogens is 328 g/mol. The summed E-state index contributed by atoms with van der Waals surface area (Å²) < 4.78 is 0. The summed E-state index contributed by atoms with van der Waals surface area (Å²) in [4.78, 5) is 28.6. The van der Waals surface area contributed by atoms with Crippen LogP contribution in [0, 0.1) is 0 Å². The van der Waals surface area contributed by atoms with Crippen LogP contribution in [0.1, 0.15) is 30.5 Å². The Morgan fingerprint density at radius 1 is 1.08 bits per heavy atom. The van der Waals surface area contributed by atoms with Gasteiger partial charge in [-0.1, -0.05) is 54.1 Å². The lowest BCUT2D eigenvalue weighted by molar-refractivity contribution is -0.135. The third-order valence-corrected chi connectivity index (χ3v) is 3.56. The lowest BCUT2D eigenvalue weighted by Gasteiger charge is -2.18. The van der Waals surface area contributed by atoms with Crippen LogP contribution >= 0.6 is 11.6 Å². The van der Waals surface area contributed by atoms with Crippen molar-refractivity contribution < 1.29 is 14.4 Å². The van der Waals surface area contributed by atoms with Crippen LogP contribution in [-0.2, 0) is 21.0 Å². The summed E-state index contributed by atoms with van der Waals surface area (Å²) in [5.41, 5.74) is 4.15. The van der Waals surface area contributed by atoms with E-state index in [1.807, 2.05) is 30.3 Å². The fourth-order valence-corrected chi connectivity index (χ4v) is 2.32. The van der Waals surface area contributed by atoms with E-state index in [1.54, 1.807) is 24.3 Å². The van der Waals surface area contributed by atoms with Gasteiger partial charge in [-0.2, -0.15) is 0 Å². The molecule has 0 saturated carbocycles. The quantitative estimate of drug-likeness (QED) is 0.757. The van der Waals surface area contributed by atoms with Gasteiger partial charge < -0.3 is 5.32 Å². The third-order valence-electron chi connectivity index (χ3n) is 3.31. The number of benzene rings is 2. The maximum atomic E-state index is 12.1. The molecule has 0 fully saturated rings. The summed E-state index contributed by atoms with van der Waals surface area (Å²) in [5, 5.41) is 3.35. The van der Waals surface area contributed by atoms with E-state index in [9.17, 15) is 9.59 Å². The number of rotatable bonds is 7. The van der Waals surface area contributed by atoms with Gasteiger partial charge in [-0.05, 0) is 23.3 Å². The number of carbonyl (C=O) groups excluding carboxylic acids is 2. The Labute approximate surface area is 145 Å². The summed E-state index contributed by atoms with van der Waals surface area (Å²) in [6, 6.07) is 16.1. The highest BCUT2D eigenvalue weighted by Gasteiger charge is 2.17. The van der Waals surface area contributed by atoms with E-state index in [1.165, 1.54) is 6.92 Å². The van der Waals surface area contributed by atoms with Crippen molar-refractivity contribution >= 4 is 23.4 Å². The van der Waals surface area contributed by atoms with E-state index in [4.69, 9.17) is 16.4 Å². The van der Waals surface area contributed by atoms with Crippen molar-refractivity contribution in [2.75, 3.05) is 0 Å². The van der Waals surface area contributed by atoms with Gasteiger partial charge in [0.15, 0.2) is 0 Å². The molecule has 0 heterocycles. The Morgan fingerprint density at radius 2 is 1.75 bits per heavy atom. The Hall–Kier alpha value is -2.37. The number of hydroxylamine groups is 1. The average molecular weight is 347 g/mol. The minimum absolute atomic E-state index is 0.0655. The molecule has 0 bridgehead atoms. The zero-order valence-corrected chi connectivity index (χ0v) is 14.0. The van der Waals surface area contributed by atoms with Crippen LogP contribution in [-0.4, -0.2) is 11.8 Å². The normalized spacial score (nSPS) is 11.6. The molecule has 5 nitrogen and oxygen atoms in total. The van der Waals surface area contributed by atoms with Gasteiger partial charge >= 0.3 is 0 Å². The van der Waals surface area contributed by atoms with Gasteiger partial charge in [-0.3, -0.25) is 14.4 Å². The second kappa shape index (κ2) is 9.05. The summed E-state index contributed by atoms with van der Waals surface area (Å²) in [5.74, 6) is -0.535. The Morgan fingerprint density at radius 3 is 2.38 bits per heavy atom. The average Bonchev–Trinajstić information content (AvgIpc) is 2.55. The summed E-state index contributed by atoms with van der Waals surface area (Å²) in [7, 11) is 0. The Bertz CT molecular complexity index is 674. The molecule has 0 aromatic heterocycles. The first-order chi connectivity index (χ1) is 11.5. The van der Waals surface area contributed by atoms with E-state index in [2.05, 4.69) is 10.8 Å². The molecular formula is C18H19ClN2O3. The zero-order valence-electron chi connectivity index (χ0n) is 13.3. The molecule has 2 N–H and O–H groups in total. The van der Waals surface area contributed by atoms with Crippen LogP contribution in [0.15, 0.2) is 54.6 Å². The highest BCUT2D eigenvalue weighted by molar-refractivity contribution is 6.30. The number of amides is 2. The van der Waals surface area contributed by atoms with Crippen molar-refractivity contribution in [1.82, 2.24) is 10.8 Å². The van der Waals surface area contributed by atoms with E-state index in [0.29, 0.717) is 5.02 Å². The Balaban J connectivity index is 1.89. The van der Waals surface area contributed by atoms with Crippen LogP contribution in [0.3, 0.4) is 0 Å². The van der Waals surface area contributed by atoms with Gasteiger partial charge in [0.25, 0.3) is 0 Å². The standard InChI is InChI=1S/C18H19ClN2O3/c1-13(22)20-17(15-7-9-16(19)10-8-15)11-18(23)21-24-12-14-5-3-2-4-6-14/h2-10,17H,11-12H2,1H3,(H,20,22)(H,21,23). The first-order valence-electron chi connectivity index (χ1n) is 7.51. The predicted molar refractivity (Wildman–Crippen MR) is 92.0 cm³/mol. The molecule has 2 aromatic rings. The topological polar surface area (TPSA) is 67.4 Å². The zero-order chi connectivity index (χ0) is 17.4. The summed E-state index contributed by atoms with van der Waals surface area (Å²) in [6.45, 7) is 1.69. The van der Waals surface area contributed by atoms with Gasteiger partial charge in [0.05, 0.1) is 19.1 Å². The maximum absolute atomic E-state index is 12.1. The van der Waals surface area contributed by atoms with Crippen molar-refractivity contribution in [3.63, 3.8) is 0 Å². The van der Waals surface area contributed by atoms with Crippen molar-refractivity contribution in [2.24, 2.45) is 0 Å². The Kier molecular flexibility index (Phi) is 6.78. The first kappa shape index (κ1) is 18.0. The summed E-state index contributed by atoms with van der Waals surface area (Å²) >= 11 is 5.87. The van der Waals surface area contributed by atoms with E-state index < -0.39 is 6.04 Å². The largest absolute Gasteiger partial charge is 0.349 e. The van der Waals surface area contributed by atoms with Gasteiger partial charge in [-0.25, -0.2) is 5.48 Å². The maximum Gasteiger partial charge on any atom is 0.245 e. The molecule has 24 heavy (non-hydrogen) atoms. The predicted octanol–water partition coefficient (Wildman–Crippen LogP) is 3.16. The number of carbonyl (C=O) groups is 2. The van der Waals surface area contributed by atoms with Crippen LogP contribution < -0.4 is 10.8 Å². The van der Waals surface area contributed by atoms with Crippen molar-refractivity contribution in [3.05, 3.63) is 70.7 Å².